The number of rotatable bonds is 4. The molecule has 5 fully saturated rings. The van der Waals surface area contributed by atoms with E-state index < -0.39 is 21.5 Å². The summed E-state index contributed by atoms with van der Waals surface area (Å²) in [6, 6.07) is 0. The second kappa shape index (κ2) is 8.56. The number of fused-ring (bicyclic) bond motifs is 7. The highest BCUT2D eigenvalue weighted by Crippen LogP contribution is 2.77. The molecular formula is C31H50O5S. The molecule has 5 aliphatic carbocycles. The maximum atomic E-state index is 12.8. The van der Waals surface area contributed by atoms with Crippen molar-refractivity contribution in [2.75, 3.05) is 6.26 Å². The molecule has 0 amide bonds. The van der Waals surface area contributed by atoms with E-state index in [-0.39, 0.29) is 33.7 Å². The summed E-state index contributed by atoms with van der Waals surface area (Å²) in [6.45, 7) is 14.2. The number of carboxylic acid groups (broad SMARTS) is 1. The van der Waals surface area contributed by atoms with E-state index in [0.29, 0.717) is 23.7 Å². The van der Waals surface area contributed by atoms with Gasteiger partial charge in [-0.05, 0) is 122 Å². The van der Waals surface area contributed by atoms with Crippen molar-refractivity contribution in [1.29, 1.82) is 0 Å². The van der Waals surface area contributed by atoms with Crippen molar-refractivity contribution in [2.45, 2.75) is 112 Å². The van der Waals surface area contributed by atoms with Crippen molar-refractivity contribution in [3.8, 4) is 0 Å². The Labute approximate surface area is 225 Å². The highest BCUT2D eigenvalue weighted by atomic mass is 32.2. The Balaban J connectivity index is 1.51. The highest BCUT2D eigenvalue weighted by molar-refractivity contribution is 7.86. The van der Waals surface area contributed by atoms with Crippen LogP contribution in [0.4, 0.5) is 0 Å². The van der Waals surface area contributed by atoms with Crippen LogP contribution in [0.15, 0.2) is 12.2 Å². The Morgan fingerprint density at radius 2 is 1.57 bits per heavy atom. The first-order valence-corrected chi connectivity index (χ1v) is 16.6. The quantitative estimate of drug-likeness (QED) is 0.308. The lowest BCUT2D eigenvalue weighted by Crippen LogP contribution is -2.67. The van der Waals surface area contributed by atoms with Gasteiger partial charge in [-0.2, -0.15) is 8.42 Å². The summed E-state index contributed by atoms with van der Waals surface area (Å²) in [5.74, 6) is 1.49. The normalized spacial score (nSPS) is 51.1. The van der Waals surface area contributed by atoms with Crippen LogP contribution in [0.2, 0.25) is 0 Å². The lowest BCUT2D eigenvalue weighted by atomic mass is 9.32. The predicted octanol–water partition coefficient (Wildman–Crippen LogP) is 7.07. The Bertz CT molecular complexity index is 1080. The van der Waals surface area contributed by atoms with Crippen LogP contribution in [0.1, 0.15) is 106 Å². The van der Waals surface area contributed by atoms with Gasteiger partial charge in [0, 0.05) is 0 Å². The van der Waals surface area contributed by atoms with Crippen molar-refractivity contribution in [3.05, 3.63) is 12.2 Å². The molecule has 1 N–H and O–H groups in total. The molecule has 5 rings (SSSR count). The van der Waals surface area contributed by atoms with Gasteiger partial charge in [-0.1, -0.05) is 46.8 Å². The molecule has 210 valence electrons. The van der Waals surface area contributed by atoms with Gasteiger partial charge >= 0.3 is 5.97 Å². The van der Waals surface area contributed by atoms with E-state index in [9.17, 15) is 18.3 Å². The van der Waals surface area contributed by atoms with E-state index in [1.54, 1.807) is 0 Å². The molecule has 0 radical (unpaired) electrons. The van der Waals surface area contributed by atoms with E-state index in [2.05, 4.69) is 53.7 Å². The van der Waals surface area contributed by atoms with Crippen molar-refractivity contribution < 1.29 is 22.5 Å². The molecule has 0 aromatic rings. The molecule has 0 aromatic carbocycles. The molecule has 5 nitrogen and oxygen atoms in total. The number of carboxylic acids is 1. The first kappa shape index (κ1) is 27.7. The lowest BCUT2D eigenvalue weighted by molar-refractivity contribution is -0.246. The summed E-state index contributed by atoms with van der Waals surface area (Å²) in [4.78, 5) is 12.8. The van der Waals surface area contributed by atoms with Gasteiger partial charge in [-0.15, -0.1) is 0 Å². The minimum Gasteiger partial charge on any atom is -0.481 e. The predicted molar refractivity (Wildman–Crippen MR) is 146 cm³/mol. The topological polar surface area (TPSA) is 80.7 Å². The molecule has 0 aliphatic heterocycles. The molecule has 5 aliphatic rings. The summed E-state index contributed by atoms with van der Waals surface area (Å²) in [5.41, 5.74) is -0.330. The first-order valence-electron chi connectivity index (χ1n) is 14.8. The zero-order chi connectivity index (χ0) is 27.2. The maximum absolute atomic E-state index is 12.8. The minimum absolute atomic E-state index is 0.127. The molecule has 0 spiro atoms. The summed E-state index contributed by atoms with van der Waals surface area (Å²) < 4.78 is 29.8. The largest absolute Gasteiger partial charge is 0.481 e. The number of carbonyl (C=O) groups is 1. The molecule has 6 heteroatoms. The molecule has 0 saturated heterocycles. The fourth-order valence-electron chi connectivity index (χ4n) is 11.8. The first-order chi connectivity index (χ1) is 17.1. The maximum Gasteiger partial charge on any atom is 0.309 e. The van der Waals surface area contributed by atoms with Crippen LogP contribution < -0.4 is 0 Å². The van der Waals surface area contributed by atoms with E-state index in [4.69, 9.17) is 4.18 Å². The third-order valence-corrected chi connectivity index (χ3v) is 14.2. The standard InChI is InChI=1S/C31H50O5S/c1-8-9-20-12-17-31(26(32)33)19-18-29(5)21(25(20)31)10-11-23-28(4)15-14-24(36-37(7,34)35)27(2,3)22(28)13-16-30(23,29)6/h8-9,20-25H,10-19H2,1-7H3,(H,32,33)/b9-8+/t20-,21-,22+,23?,24+,25?,28+,29-,30-,31?/m1/s1. The van der Waals surface area contributed by atoms with Crippen LogP contribution in [-0.4, -0.2) is 31.9 Å². The molecule has 37 heavy (non-hydrogen) atoms. The number of hydrogen-bond donors (Lipinski definition) is 1. The summed E-state index contributed by atoms with van der Waals surface area (Å²) in [6.07, 6.45) is 15.3. The zero-order valence-electron chi connectivity index (χ0n) is 24.2. The second-order valence-electron chi connectivity index (χ2n) is 15.0. The van der Waals surface area contributed by atoms with Crippen molar-refractivity contribution in [2.24, 2.45) is 56.7 Å². The van der Waals surface area contributed by atoms with Crippen molar-refractivity contribution in [1.82, 2.24) is 0 Å². The van der Waals surface area contributed by atoms with Crippen LogP contribution in [0.3, 0.4) is 0 Å². The van der Waals surface area contributed by atoms with Gasteiger partial charge in [0.25, 0.3) is 10.1 Å². The molecule has 10 atom stereocenters. The monoisotopic (exact) mass is 534 g/mol. The van der Waals surface area contributed by atoms with E-state index in [1.165, 1.54) is 6.26 Å². The number of hydrogen-bond acceptors (Lipinski definition) is 4. The Morgan fingerprint density at radius 3 is 2.19 bits per heavy atom. The van der Waals surface area contributed by atoms with Gasteiger partial charge in [0.1, 0.15) is 0 Å². The second-order valence-corrected chi connectivity index (χ2v) is 16.6. The Morgan fingerprint density at radius 1 is 0.865 bits per heavy atom. The van der Waals surface area contributed by atoms with Crippen LogP contribution in [0, 0.1) is 56.7 Å². The molecule has 0 heterocycles. The molecular weight excluding hydrogens is 484 g/mol. The zero-order valence-corrected chi connectivity index (χ0v) is 25.0. The van der Waals surface area contributed by atoms with E-state index in [0.717, 1.165) is 64.2 Å². The fourth-order valence-corrected chi connectivity index (χ4v) is 12.6. The fraction of sp³-hybridized carbons (Fsp3) is 0.903. The van der Waals surface area contributed by atoms with Crippen LogP contribution in [-0.2, 0) is 19.1 Å². The lowest BCUT2D eigenvalue weighted by Gasteiger charge is -2.72. The minimum atomic E-state index is -3.50. The third kappa shape index (κ3) is 3.69. The average Bonchev–Trinajstić information content (AvgIpc) is 3.16. The highest BCUT2D eigenvalue weighted by Gasteiger charge is 2.72. The third-order valence-electron chi connectivity index (χ3n) is 13.6. The average molecular weight is 535 g/mol. The Hall–Kier alpha value is -0.880. The molecule has 0 bridgehead atoms. The summed E-state index contributed by atoms with van der Waals surface area (Å²) in [5, 5.41) is 10.5. The van der Waals surface area contributed by atoms with E-state index in [1.807, 2.05) is 0 Å². The van der Waals surface area contributed by atoms with E-state index >= 15 is 0 Å². The molecule has 5 saturated carbocycles. The number of allylic oxidation sites excluding steroid dienone is 2. The summed E-state index contributed by atoms with van der Waals surface area (Å²) >= 11 is 0. The number of aliphatic carboxylic acids is 1. The van der Waals surface area contributed by atoms with Crippen LogP contribution in [0.25, 0.3) is 0 Å². The van der Waals surface area contributed by atoms with Gasteiger partial charge in [0.15, 0.2) is 0 Å². The van der Waals surface area contributed by atoms with Gasteiger partial charge in [0.05, 0.1) is 17.8 Å². The molecule has 0 aromatic heterocycles. The van der Waals surface area contributed by atoms with Crippen LogP contribution in [0.5, 0.6) is 0 Å². The van der Waals surface area contributed by atoms with Crippen molar-refractivity contribution in [3.63, 3.8) is 0 Å². The SMILES string of the molecule is C/C=C/[C@@H]1CCC2(C(=O)O)CC[C@]3(C)[C@H](CCC4[C@@]5(C)CC[C@H](OS(C)(=O)=O)C(C)(C)[C@@H]5CC[C@]43C)C12. The molecule has 3 unspecified atom stereocenters. The van der Waals surface area contributed by atoms with Gasteiger partial charge in [-0.25, -0.2) is 0 Å². The smallest absolute Gasteiger partial charge is 0.309 e. The Kier molecular flexibility index (Phi) is 6.40. The van der Waals surface area contributed by atoms with Gasteiger partial charge < -0.3 is 5.11 Å². The van der Waals surface area contributed by atoms with Crippen LogP contribution >= 0.6 is 0 Å². The van der Waals surface area contributed by atoms with Gasteiger partial charge in [-0.3, -0.25) is 8.98 Å². The summed E-state index contributed by atoms with van der Waals surface area (Å²) in [7, 11) is -3.50. The van der Waals surface area contributed by atoms with Gasteiger partial charge in [0.2, 0.25) is 0 Å². The van der Waals surface area contributed by atoms with Crippen molar-refractivity contribution >= 4 is 16.1 Å².